The molecule has 1 aromatic carbocycles. The first-order valence-corrected chi connectivity index (χ1v) is 7.90. The number of thiophene rings is 1. The van der Waals surface area contributed by atoms with Crippen LogP contribution in [0, 0.1) is 6.92 Å². The molecule has 0 saturated heterocycles. The van der Waals surface area contributed by atoms with Gasteiger partial charge in [-0.2, -0.15) is 0 Å². The minimum absolute atomic E-state index is 0.177. The molecule has 0 radical (unpaired) electrons. The van der Waals surface area contributed by atoms with Crippen molar-refractivity contribution in [2.24, 2.45) is 0 Å². The lowest BCUT2D eigenvalue weighted by Gasteiger charge is -2.19. The molecule has 2 aromatic rings. The van der Waals surface area contributed by atoms with Crippen LogP contribution in [-0.2, 0) is 0 Å². The maximum atomic E-state index is 5.48. The Labute approximate surface area is 126 Å². The predicted octanol–water partition coefficient (Wildman–Crippen LogP) is 4.53. The summed E-state index contributed by atoms with van der Waals surface area (Å²) >= 11 is 5.41. The Kier molecular flexibility index (Phi) is 5.02. The Hall–Kier alpha value is -0.840. The number of methoxy groups -OCH3 is 1. The third-order valence-electron chi connectivity index (χ3n) is 3.02. The van der Waals surface area contributed by atoms with Gasteiger partial charge in [0.1, 0.15) is 5.75 Å². The van der Waals surface area contributed by atoms with Crippen molar-refractivity contribution in [1.82, 2.24) is 5.32 Å². The quantitative estimate of drug-likeness (QED) is 0.864. The molecule has 0 spiro atoms. The smallest absolute Gasteiger partial charge is 0.124 e. The van der Waals surface area contributed by atoms with Crippen molar-refractivity contribution >= 4 is 27.3 Å². The summed E-state index contributed by atoms with van der Waals surface area (Å²) < 4.78 is 6.66. The third kappa shape index (κ3) is 3.19. The van der Waals surface area contributed by atoms with Crippen molar-refractivity contribution < 1.29 is 4.74 Å². The van der Waals surface area contributed by atoms with Crippen molar-refractivity contribution in [2.75, 3.05) is 13.7 Å². The molecule has 1 aromatic heterocycles. The van der Waals surface area contributed by atoms with Gasteiger partial charge in [-0.1, -0.05) is 25.1 Å². The molecule has 0 bridgehead atoms. The monoisotopic (exact) mass is 339 g/mol. The molecule has 0 aliphatic carbocycles. The molecule has 0 aliphatic rings. The van der Waals surface area contributed by atoms with Crippen LogP contribution in [0.1, 0.15) is 28.3 Å². The van der Waals surface area contributed by atoms with E-state index in [2.05, 4.69) is 53.3 Å². The zero-order chi connectivity index (χ0) is 13.8. The van der Waals surface area contributed by atoms with E-state index in [-0.39, 0.29) is 6.04 Å². The summed E-state index contributed by atoms with van der Waals surface area (Å²) in [4.78, 5) is 2.60. The second kappa shape index (κ2) is 6.55. The van der Waals surface area contributed by atoms with Crippen LogP contribution in [0.5, 0.6) is 5.75 Å². The van der Waals surface area contributed by atoms with Gasteiger partial charge in [-0.15, -0.1) is 11.3 Å². The van der Waals surface area contributed by atoms with Gasteiger partial charge in [0.25, 0.3) is 0 Å². The van der Waals surface area contributed by atoms with Crippen molar-refractivity contribution in [3.05, 3.63) is 50.1 Å². The van der Waals surface area contributed by atoms with E-state index in [1.807, 2.05) is 23.5 Å². The van der Waals surface area contributed by atoms with Crippen LogP contribution in [0.4, 0.5) is 0 Å². The lowest BCUT2D eigenvalue weighted by molar-refractivity contribution is 0.404. The zero-order valence-electron chi connectivity index (χ0n) is 11.4. The summed E-state index contributed by atoms with van der Waals surface area (Å²) in [5.41, 5.74) is 1.18. The van der Waals surface area contributed by atoms with E-state index >= 15 is 0 Å². The van der Waals surface area contributed by atoms with E-state index in [0.29, 0.717) is 0 Å². The first-order valence-electron chi connectivity index (χ1n) is 6.29. The number of ether oxygens (including phenoxy) is 1. The Morgan fingerprint density at radius 2 is 2.11 bits per heavy atom. The molecule has 2 rings (SSSR count). The molecule has 1 atom stereocenters. The standard InChI is InChI=1S/C15H18BrNOS/c1-4-17-15(14-9-12(16)10(2)19-14)11-7-5-6-8-13(11)18-3/h5-9,15,17H,4H2,1-3H3. The molecule has 1 unspecified atom stereocenters. The number of halogens is 1. The van der Waals surface area contributed by atoms with Crippen LogP contribution in [0.25, 0.3) is 0 Å². The summed E-state index contributed by atoms with van der Waals surface area (Å²) in [6.07, 6.45) is 0. The van der Waals surface area contributed by atoms with Gasteiger partial charge in [0.2, 0.25) is 0 Å². The van der Waals surface area contributed by atoms with Gasteiger partial charge in [0.05, 0.1) is 13.2 Å². The normalized spacial score (nSPS) is 12.4. The highest BCUT2D eigenvalue weighted by Crippen LogP contribution is 2.36. The largest absolute Gasteiger partial charge is 0.496 e. The summed E-state index contributed by atoms with van der Waals surface area (Å²) in [7, 11) is 1.72. The molecule has 19 heavy (non-hydrogen) atoms. The van der Waals surface area contributed by atoms with Gasteiger partial charge in [-0.05, 0) is 41.5 Å². The fraction of sp³-hybridized carbons (Fsp3) is 0.333. The average Bonchev–Trinajstić information content (AvgIpc) is 2.76. The third-order valence-corrected chi connectivity index (χ3v) is 5.22. The maximum Gasteiger partial charge on any atom is 0.124 e. The topological polar surface area (TPSA) is 21.3 Å². The highest BCUT2D eigenvalue weighted by molar-refractivity contribution is 9.10. The highest BCUT2D eigenvalue weighted by Gasteiger charge is 2.19. The first kappa shape index (κ1) is 14.6. The van der Waals surface area contributed by atoms with Gasteiger partial charge in [0, 0.05) is 19.8 Å². The fourth-order valence-electron chi connectivity index (χ4n) is 2.10. The van der Waals surface area contributed by atoms with Crippen LogP contribution in [0.2, 0.25) is 0 Å². The highest BCUT2D eigenvalue weighted by atomic mass is 79.9. The zero-order valence-corrected chi connectivity index (χ0v) is 13.8. The second-order valence-corrected chi connectivity index (χ2v) is 6.43. The number of para-hydroxylation sites is 1. The molecule has 0 saturated carbocycles. The molecular weight excluding hydrogens is 322 g/mol. The SMILES string of the molecule is CCNC(c1cc(Br)c(C)s1)c1ccccc1OC. The van der Waals surface area contributed by atoms with Gasteiger partial charge < -0.3 is 10.1 Å². The summed E-state index contributed by atoms with van der Waals surface area (Å²) in [5, 5.41) is 3.54. The van der Waals surface area contributed by atoms with Gasteiger partial charge in [-0.3, -0.25) is 0 Å². The van der Waals surface area contributed by atoms with Crippen LogP contribution >= 0.6 is 27.3 Å². The van der Waals surface area contributed by atoms with E-state index in [1.54, 1.807) is 7.11 Å². The van der Waals surface area contributed by atoms with E-state index in [0.717, 1.165) is 12.3 Å². The number of hydrogen-bond donors (Lipinski definition) is 1. The fourth-order valence-corrected chi connectivity index (χ4v) is 3.75. The second-order valence-electron chi connectivity index (χ2n) is 4.29. The minimum atomic E-state index is 0.177. The summed E-state index contributed by atoms with van der Waals surface area (Å²) in [6, 6.07) is 10.6. The van der Waals surface area contributed by atoms with E-state index in [1.165, 1.54) is 19.8 Å². The van der Waals surface area contributed by atoms with Crippen LogP contribution in [0.15, 0.2) is 34.8 Å². The molecule has 0 fully saturated rings. The van der Waals surface area contributed by atoms with E-state index < -0.39 is 0 Å². The van der Waals surface area contributed by atoms with Gasteiger partial charge >= 0.3 is 0 Å². The van der Waals surface area contributed by atoms with E-state index in [4.69, 9.17) is 4.74 Å². The number of nitrogens with one attached hydrogen (secondary N) is 1. The molecular formula is C15H18BrNOS. The Bertz CT molecular complexity index is 533. The van der Waals surface area contributed by atoms with E-state index in [9.17, 15) is 0 Å². The number of rotatable bonds is 5. The Morgan fingerprint density at radius 1 is 1.37 bits per heavy atom. The van der Waals surface area contributed by atoms with Gasteiger partial charge in [-0.25, -0.2) is 0 Å². The van der Waals surface area contributed by atoms with Crippen LogP contribution < -0.4 is 10.1 Å². The summed E-state index contributed by atoms with van der Waals surface area (Å²) in [6.45, 7) is 5.17. The molecule has 2 nitrogen and oxygen atoms in total. The Balaban J connectivity index is 2.44. The summed E-state index contributed by atoms with van der Waals surface area (Å²) in [5.74, 6) is 0.927. The molecule has 1 N–H and O–H groups in total. The number of benzene rings is 1. The lowest BCUT2D eigenvalue weighted by atomic mass is 10.0. The predicted molar refractivity (Wildman–Crippen MR) is 85.3 cm³/mol. The number of aryl methyl sites for hydroxylation is 1. The number of hydrogen-bond acceptors (Lipinski definition) is 3. The molecule has 0 amide bonds. The average molecular weight is 340 g/mol. The van der Waals surface area contributed by atoms with Gasteiger partial charge in [0.15, 0.2) is 0 Å². The Morgan fingerprint density at radius 3 is 2.68 bits per heavy atom. The lowest BCUT2D eigenvalue weighted by Crippen LogP contribution is -2.21. The molecule has 102 valence electrons. The molecule has 4 heteroatoms. The van der Waals surface area contributed by atoms with Crippen molar-refractivity contribution in [2.45, 2.75) is 19.9 Å². The minimum Gasteiger partial charge on any atom is -0.496 e. The van der Waals surface area contributed by atoms with Crippen molar-refractivity contribution in [3.63, 3.8) is 0 Å². The first-order chi connectivity index (χ1) is 9.17. The molecule has 0 aliphatic heterocycles. The van der Waals surface area contributed by atoms with Crippen LogP contribution in [0.3, 0.4) is 0 Å². The molecule has 1 heterocycles. The maximum absolute atomic E-state index is 5.48. The van der Waals surface area contributed by atoms with Crippen molar-refractivity contribution in [1.29, 1.82) is 0 Å². The van der Waals surface area contributed by atoms with Crippen LogP contribution in [-0.4, -0.2) is 13.7 Å². The van der Waals surface area contributed by atoms with Crippen molar-refractivity contribution in [3.8, 4) is 5.75 Å².